The molecule has 1 aromatic carbocycles. The van der Waals surface area contributed by atoms with E-state index in [2.05, 4.69) is 46.4 Å². The zero-order valence-corrected chi connectivity index (χ0v) is 11.6. The topological polar surface area (TPSA) is 25.2 Å². The lowest BCUT2D eigenvalue weighted by Crippen LogP contribution is -2.19. The quantitative estimate of drug-likeness (QED) is 0.926. The molecule has 0 bridgehead atoms. The molecular weight excluding hydrogens is 278 g/mol. The monoisotopic (exact) mass is 293 g/mol. The second-order valence-electron chi connectivity index (χ2n) is 4.13. The molecule has 2 rings (SSSR count). The zero-order valence-electron chi connectivity index (χ0n) is 10.0. The molecule has 1 aromatic heterocycles. The molecule has 2 nitrogen and oxygen atoms in total. The molecule has 0 fully saturated rings. The first-order valence-electron chi connectivity index (χ1n) is 5.66. The summed E-state index contributed by atoms with van der Waals surface area (Å²) in [6.45, 7) is 2.13. The number of furan rings is 1. The van der Waals surface area contributed by atoms with Crippen LogP contribution >= 0.6 is 15.9 Å². The van der Waals surface area contributed by atoms with Crippen LogP contribution in [-0.2, 0) is 6.42 Å². The number of aryl methyl sites for hydroxylation is 1. The van der Waals surface area contributed by atoms with Crippen molar-refractivity contribution in [3.63, 3.8) is 0 Å². The van der Waals surface area contributed by atoms with Gasteiger partial charge in [0.15, 0.2) is 0 Å². The number of halogens is 1. The van der Waals surface area contributed by atoms with Crippen LogP contribution in [0.1, 0.15) is 22.9 Å². The van der Waals surface area contributed by atoms with E-state index in [0.717, 1.165) is 16.7 Å². The van der Waals surface area contributed by atoms with E-state index in [4.69, 9.17) is 4.42 Å². The largest absolute Gasteiger partial charge is 0.469 e. The Morgan fingerprint density at radius 3 is 2.76 bits per heavy atom. The molecular formula is C14H16BrNO. The summed E-state index contributed by atoms with van der Waals surface area (Å²) in [7, 11) is 1.98. The van der Waals surface area contributed by atoms with E-state index in [0.29, 0.717) is 0 Å². The van der Waals surface area contributed by atoms with Crippen LogP contribution in [0.3, 0.4) is 0 Å². The van der Waals surface area contributed by atoms with Gasteiger partial charge in [-0.05, 0) is 49.4 Å². The Balaban J connectivity index is 2.23. The first-order chi connectivity index (χ1) is 8.20. The van der Waals surface area contributed by atoms with Gasteiger partial charge < -0.3 is 9.73 Å². The van der Waals surface area contributed by atoms with Crippen LogP contribution < -0.4 is 5.32 Å². The third-order valence-electron chi connectivity index (χ3n) is 2.94. The van der Waals surface area contributed by atoms with Crippen LogP contribution in [-0.4, -0.2) is 7.05 Å². The van der Waals surface area contributed by atoms with Gasteiger partial charge in [-0.2, -0.15) is 0 Å². The van der Waals surface area contributed by atoms with Crippen molar-refractivity contribution in [1.82, 2.24) is 5.32 Å². The Bertz CT molecular complexity index is 479. The third-order valence-corrected chi connectivity index (χ3v) is 3.43. The molecule has 0 aliphatic heterocycles. The van der Waals surface area contributed by atoms with Gasteiger partial charge in [-0.25, -0.2) is 0 Å². The number of likely N-dealkylation sites (N-methyl/N-ethyl adjacent to an activating group) is 1. The van der Waals surface area contributed by atoms with Crippen molar-refractivity contribution in [2.45, 2.75) is 19.4 Å². The molecule has 0 amide bonds. The van der Waals surface area contributed by atoms with Crippen LogP contribution in [0.25, 0.3) is 0 Å². The molecule has 17 heavy (non-hydrogen) atoms. The molecule has 2 aromatic rings. The summed E-state index contributed by atoms with van der Waals surface area (Å²) in [4.78, 5) is 0. The van der Waals surface area contributed by atoms with Crippen LogP contribution in [0.2, 0.25) is 0 Å². The lowest BCUT2D eigenvalue weighted by Gasteiger charge is -2.18. The van der Waals surface area contributed by atoms with Crippen LogP contribution in [0, 0.1) is 6.92 Å². The third kappa shape index (κ3) is 2.99. The SMILES string of the molecule is CNC(Cc1ccco1)c1ccc(Br)cc1C. The average molecular weight is 294 g/mol. The highest BCUT2D eigenvalue weighted by Gasteiger charge is 2.13. The van der Waals surface area contributed by atoms with Crippen molar-refractivity contribution >= 4 is 15.9 Å². The number of nitrogens with one attached hydrogen (secondary N) is 1. The first kappa shape index (κ1) is 12.4. The first-order valence-corrected chi connectivity index (χ1v) is 6.45. The summed E-state index contributed by atoms with van der Waals surface area (Å²) in [5.41, 5.74) is 2.59. The van der Waals surface area contributed by atoms with Gasteiger partial charge in [0, 0.05) is 16.9 Å². The second kappa shape index (κ2) is 5.52. The van der Waals surface area contributed by atoms with Gasteiger partial charge in [0.1, 0.15) is 5.76 Å². The van der Waals surface area contributed by atoms with E-state index in [9.17, 15) is 0 Å². The molecule has 0 aliphatic carbocycles. The number of benzene rings is 1. The number of rotatable bonds is 4. The van der Waals surface area contributed by atoms with Gasteiger partial charge in [-0.15, -0.1) is 0 Å². The maximum Gasteiger partial charge on any atom is 0.105 e. The zero-order chi connectivity index (χ0) is 12.3. The average Bonchev–Trinajstić information content (AvgIpc) is 2.79. The molecule has 1 unspecified atom stereocenters. The van der Waals surface area contributed by atoms with E-state index in [1.165, 1.54) is 11.1 Å². The maximum atomic E-state index is 5.40. The minimum absolute atomic E-state index is 0.286. The van der Waals surface area contributed by atoms with E-state index in [1.54, 1.807) is 6.26 Å². The predicted octanol–water partition coefficient (Wildman–Crippen LogP) is 3.85. The summed E-state index contributed by atoms with van der Waals surface area (Å²) < 4.78 is 6.52. The molecule has 1 atom stereocenters. The molecule has 90 valence electrons. The van der Waals surface area contributed by atoms with Crippen molar-refractivity contribution < 1.29 is 4.42 Å². The fourth-order valence-corrected chi connectivity index (χ4v) is 2.50. The van der Waals surface area contributed by atoms with Crippen molar-refractivity contribution in [1.29, 1.82) is 0 Å². The Morgan fingerprint density at radius 1 is 1.35 bits per heavy atom. The summed E-state index contributed by atoms with van der Waals surface area (Å²) in [6, 6.07) is 10.6. The fraction of sp³-hybridized carbons (Fsp3) is 0.286. The lowest BCUT2D eigenvalue weighted by molar-refractivity contribution is 0.465. The number of hydrogen-bond acceptors (Lipinski definition) is 2. The Kier molecular flexibility index (Phi) is 4.02. The van der Waals surface area contributed by atoms with Gasteiger partial charge in [0.25, 0.3) is 0 Å². The smallest absolute Gasteiger partial charge is 0.105 e. The molecule has 0 spiro atoms. The van der Waals surface area contributed by atoms with Gasteiger partial charge >= 0.3 is 0 Å². The summed E-state index contributed by atoms with van der Waals surface area (Å²) in [5, 5.41) is 3.34. The van der Waals surface area contributed by atoms with Crippen LogP contribution in [0.15, 0.2) is 45.5 Å². The molecule has 0 aliphatic rings. The highest BCUT2D eigenvalue weighted by molar-refractivity contribution is 9.10. The summed E-state index contributed by atoms with van der Waals surface area (Å²) in [6.07, 6.45) is 2.59. The van der Waals surface area contributed by atoms with Gasteiger partial charge in [-0.1, -0.05) is 22.0 Å². The van der Waals surface area contributed by atoms with Gasteiger partial charge in [0.05, 0.1) is 6.26 Å². The van der Waals surface area contributed by atoms with Gasteiger partial charge in [0.2, 0.25) is 0 Å². The number of hydrogen-bond donors (Lipinski definition) is 1. The van der Waals surface area contributed by atoms with E-state index >= 15 is 0 Å². The van der Waals surface area contributed by atoms with Crippen molar-refractivity contribution in [2.75, 3.05) is 7.05 Å². The Morgan fingerprint density at radius 2 is 2.18 bits per heavy atom. The molecule has 3 heteroatoms. The van der Waals surface area contributed by atoms with Crippen molar-refractivity contribution in [2.24, 2.45) is 0 Å². The maximum absolute atomic E-state index is 5.40. The molecule has 1 N–H and O–H groups in total. The predicted molar refractivity (Wildman–Crippen MR) is 73.1 cm³/mol. The summed E-state index contributed by atoms with van der Waals surface area (Å²) in [5.74, 6) is 1.01. The summed E-state index contributed by atoms with van der Waals surface area (Å²) >= 11 is 3.49. The Labute approximate surface area is 110 Å². The molecule has 0 radical (unpaired) electrons. The normalized spacial score (nSPS) is 12.6. The van der Waals surface area contributed by atoms with Crippen LogP contribution in [0.4, 0.5) is 0 Å². The van der Waals surface area contributed by atoms with Gasteiger partial charge in [-0.3, -0.25) is 0 Å². The minimum Gasteiger partial charge on any atom is -0.469 e. The standard InChI is InChI=1S/C14H16BrNO/c1-10-8-11(15)5-6-13(10)14(16-2)9-12-4-3-7-17-12/h3-8,14,16H,9H2,1-2H3. The minimum atomic E-state index is 0.286. The molecule has 0 saturated heterocycles. The molecule has 0 saturated carbocycles. The Hall–Kier alpha value is -1.06. The van der Waals surface area contributed by atoms with E-state index < -0.39 is 0 Å². The van der Waals surface area contributed by atoms with Crippen molar-refractivity contribution in [3.8, 4) is 0 Å². The van der Waals surface area contributed by atoms with E-state index in [1.807, 2.05) is 19.2 Å². The fourth-order valence-electron chi connectivity index (χ4n) is 2.03. The highest BCUT2D eigenvalue weighted by atomic mass is 79.9. The van der Waals surface area contributed by atoms with E-state index in [-0.39, 0.29) is 6.04 Å². The second-order valence-corrected chi connectivity index (χ2v) is 5.04. The van der Waals surface area contributed by atoms with Crippen molar-refractivity contribution in [3.05, 3.63) is 58.0 Å². The van der Waals surface area contributed by atoms with Crippen LogP contribution in [0.5, 0.6) is 0 Å². The highest BCUT2D eigenvalue weighted by Crippen LogP contribution is 2.24. The molecule has 1 heterocycles. The lowest BCUT2D eigenvalue weighted by atomic mass is 9.98.